The summed E-state index contributed by atoms with van der Waals surface area (Å²) >= 11 is 0. The van der Waals surface area contributed by atoms with Crippen LogP contribution in [-0.2, 0) is 16.1 Å². The Kier molecular flexibility index (Phi) is 6.57. The first-order chi connectivity index (χ1) is 10.2. The summed E-state index contributed by atoms with van der Waals surface area (Å²) in [6.07, 6.45) is 1.68. The predicted octanol–water partition coefficient (Wildman–Crippen LogP) is 1.81. The zero-order valence-corrected chi connectivity index (χ0v) is 12.5. The molecule has 2 rings (SSSR count). The number of likely N-dealkylation sites (tertiary alicyclic amines) is 1. The van der Waals surface area contributed by atoms with E-state index in [0.717, 1.165) is 19.4 Å². The molecule has 0 saturated carbocycles. The van der Waals surface area contributed by atoms with E-state index in [0.29, 0.717) is 24.8 Å². The number of benzene rings is 1. The van der Waals surface area contributed by atoms with Gasteiger partial charge in [0.05, 0.1) is 25.9 Å². The summed E-state index contributed by atoms with van der Waals surface area (Å²) in [7, 11) is 1.70. The lowest BCUT2D eigenvalue weighted by atomic mass is 10.2. The normalized spacial score (nSPS) is 20.8. The summed E-state index contributed by atoms with van der Waals surface area (Å²) < 4.78 is 24.0. The van der Waals surface area contributed by atoms with Crippen LogP contribution in [0.15, 0.2) is 24.3 Å². The van der Waals surface area contributed by atoms with Crippen molar-refractivity contribution >= 4 is 0 Å². The van der Waals surface area contributed by atoms with Crippen LogP contribution in [0.5, 0.6) is 0 Å². The maximum atomic E-state index is 13.4. The third kappa shape index (κ3) is 5.04. The highest BCUT2D eigenvalue weighted by molar-refractivity contribution is 5.16. The number of methoxy groups -OCH3 is 1. The van der Waals surface area contributed by atoms with Gasteiger partial charge in [-0.25, -0.2) is 4.39 Å². The summed E-state index contributed by atoms with van der Waals surface area (Å²) in [6, 6.07) is 6.91. The van der Waals surface area contributed by atoms with Crippen molar-refractivity contribution in [3.8, 4) is 0 Å². The average Bonchev–Trinajstić information content (AvgIpc) is 2.89. The lowest BCUT2D eigenvalue weighted by Crippen LogP contribution is -2.40. The van der Waals surface area contributed by atoms with Crippen LogP contribution in [0.1, 0.15) is 18.4 Å². The molecule has 118 valence electrons. The Balaban J connectivity index is 1.70. The van der Waals surface area contributed by atoms with Gasteiger partial charge in [-0.2, -0.15) is 0 Å². The van der Waals surface area contributed by atoms with Gasteiger partial charge in [-0.15, -0.1) is 0 Å². The number of halogens is 1. The minimum Gasteiger partial charge on any atom is -0.389 e. The molecule has 21 heavy (non-hydrogen) atoms. The molecule has 0 aromatic heterocycles. The Labute approximate surface area is 125 Å². The molecule has 1 aromatic carbocycles. The van der Waals surface area contributed by atoms with Crippen LogP contribution in [0.2, 0.25) is 0 Å². The molecule has 1 fully saturated rings. The zero-order valence-electron chi connectivity index (χ0n) is 12.5. The molecule has 1 aliphatic rings. The SMILES string of the molecule is COCC1CCCN1CC(O)COCc1ccccc1F. The Hall–Kier alpha value is -1.01. The van der Waals surface area contributed by atoms with E-state index in [-0.39, 0.29) is 19.0 Å². The standard InChI is InChI=1S/C16H24FNO3/c1-20-11-14-6-4-8-18(14)9-15(19)12-21-10-13-5-2-3-7-16(13)17/h2-3,5,7,14-15,19H,4,6,8-12H2,1H3. The van der Waals surface area contributed by atoms with Crippen LogP contribution in [0.25, 0.3) is 0 Å². The number of nitrogens with zero attached hydrogens (tertiary/aromatic N) is 1. The molecule has 0 aliphatic carbocycles. The maximum Gasteiger partial charge on any atom is 0.128 e. The molecule has 5 heteroatoms. The number of rotatable bonds is 8. The second-order valence-electron chi connectivity index (χ2n) is 5.51. The van der Waals surface area contributed by atoms with E-state index in [9.17, 15) is 9.50 Å². The lowest BCUT2D eigenvalue weighted by molar-refractivity contribution is 0.00118. The molecule has 4 nitrogen and oxygen atoms in total. The maximum absolute atomic E-state index is 13.4. The van der Waals surface area contributed by atoms with E-state index in [1.165, 1.54) is 6.07 Å². The topological polar surface area (TPSA) is 41.9 Å². The molecule has 2 unspecified atom stereocenters. The fourth-order valence-corrected chi connectivity index (χ4v) is 2.76. The molecule has 1 aromatic rings. The summed E-state index contributed by atoms with van der Waals surface area (Å²) in [5.41, 5.74) is 0.517. The van der Waals surface area contributed by atoms with Gasteiger partial charge in [-0.1, -0.05) is 18.2 Å². The van der Waals surface area contributed by atoms with Gasteiger partial charge in [0.1, 0.15) is 5.82 Å². The first-order valence-electron chi connectivity index (χ1n) is 7.43. The second kappa shape index (κ2) is 8.44. The summed E-state index contributed by atoms with van der Waals surface area (Å²) in [5, 5.41) is 10.0. The fourth-order valence-electron chi connectivity index (χ4n) is 2.76. The Bertz CT molecular complexity index is 430. The van der Waals surface area contributed by atoms with Gasteiger partial charge in [0.2, 0.25) is 0 Å². The molecular formula is C16H24FNO3. The van der Waals surface area contributed by atoms with E-state index in [1.54, 1.807) is 25.3 Å². The number of hydrogen-bond acceptors (Lipinski definition) is 4. The van der Waals surface area contributed by atoms with E-state index in [2.05, 4.69) is 4.90 Å². The molecule has 0 radical (unpaired) electrons. The number of aliphatic hydroxyl groups is 1. The van der Waals surface area contributed by atoms with E-state index >= 15 is 0 Å². The van der Waals surface area contributed by atoms with Crippen LogP contribution in [0, 0.1) is 5.82 Å². The van der Waals surface area contributed by atoms with Crippen molar-refractivity contribution in [2.75, 3.05) is 33.4 Å². The first-order valence-corrected chi connectivity index (χ1v) is 7.43. The zero-order chi connectivity index (χ0) is 15.1. The number of β-amino-alcohol motifs (C(OH)–C–C–N with tert-alkyl or cyclic N) is 1. The van der Waals surface area contributed by atoms with Crippen LogP contribution < -0.4 is 0 Å². The van der Waals surface area contributed by atoms with Crippen molar-refractivity contribution in [1.29, 1.82) is 0 Å². The highest BCUT2D eigenvalue weighted by atomic mass is 19.1. The lowest BCUT2D eigenvalue weighted by Gasteiger charge is -2.26. The molecule has 1 heterocycles. The quantitative estimate of drug-likeness (QED) is 0.795. The van der Waals surface area contributed by atoms with Crippen molar-refractivity contribution in [2.45, 2.75) is 31.6 Å². The Morgan fingerprint density at radius 3 is 3.00 bits per heavy atom. The highest BCUT2D eigenvalue weighted by Gasteiger charge is 2.26. The molecule has 2 atom stereocenters. The third-order valence-electron chi connectivity index (χ3n) is 3.83. The van der Waals surface area contributed by atoms with Crippen LogP contribution in [0.3, 0.4) is 0 Å². The Morgan fingerprint density at radius 1 is 1.43 bits per heavy atom. The fraction of sp³-hybridized carbons (Fsp3) is 0.625. The van der Waals surface area contributed by atoms with E-state index in [1.807, 2.05) is 0 Å². The molecule has 1 saturated heterocycles. The molecule has 0 spiro atoms. The van der Waals surface area contributed by atoms with Crippen LogP contribution >= 0.6 is 0 Å². The summed E-state index contributed by atoms with van der Waals surface area (Å²) in [4.78, 5) is 2.24. The van der Waals surface area contributed by atoms with Crippen LogP contribution in [-0.4, -0.2) is 55.6 Å². The third-order valence-corrected chi connectivity index (χ3v) is 3.83. The van der Waals surface area contributed by atoms with Gasteiger partial charge < -0.3 is 14.6 Å². The molecule has 1 aliphatic heterocycles. The largest absolute Gasteiger partial charge is 0.389 e. The number of hydrogen-bond donors (Lipinski definition) is 1. The van der Waals surface area contributed by atoms with Crippen molar-refractivity contribution in [3.63, 3.8) is 0 Å². The molecule has 1 N–H and O–H groups in total. The van der Waals surface area contributed by atoms with Gasteiger partial charge in [0.25, 0.3) is 0 Å². The predicted molar refractivity (Wildman–Crippen MR) is 78.5 cm³/mol. The monoisotopic (exact) mass is 297 g/mol. The Morgan fingerprint density at radius 2 is 2.24 bits per heavy atom. The highest BCUT2D eigenvalue weighted by Crippen LogP contribution is 2.17. The number of ether oxygens (including phenoxy) is 2. The van der Waals surface area contributed by atoms with Gasteiger partial charge in [0.15, 0.2) is 0 Å². The van der Waals surface area contributed by atoms with Crippen molar-refractivity contribution in [3.05, 3.63) is 35.6 Å². The summed E-state index contributed by atoms with van der Waals surface area (Å²) in [6.45, 7) is 2.66. The smallest absolute Gasteiger partial charge is 0.128 e. The number of aliphatic hydroxyl groups excluding tert-OH is 1. The minimum atomic E-state index is -0.561. The first kappa shape index (κ1) is 16.4. The van der Waals surface area contributed by atoms with Crippen molar-refractivity contribution in [1.82, 2.24) is 4.90 Å². The average molecular weight is 297 g/mol. The van der Waals surface area contributed by atoms with Crippen LogP contribution in [0.4, 0.5) is 4.39 Å². The van der Waals surface area contributed by atoms with Gasteiger partial charge >= 0.3 is 0 Å². The molecule has 0 bridgehead atoms. The van der Waals surface area contributed by atoms with Gasteiger partial charge in [0, 0.05) is 25.3 Å². The summed E-state index contributed by atoms with van der Waals surface area (Å²) in [5.74, 6) is -0.272. The van der Waals surface area contributed by atoms with Crippen molar-refractivity contribution in [2.24, 2.45) is 0 Å². The molecular weight excluding hydrogens is 273 g/mol. The van der Waals surface area contributed by atoms with Gasteiger partial charge in [-0.05, 0) is 25.5 Å². The van der Waals surface area contributed by atoms with E-state index in [4.69, 9.17) is 9.47 Å². The van der Waals surface area contributed by atoms with Crippen molar-refractivity contribution < 1.29 is 19.0 Å². The van der Waals surface area contributed by atoms with E-state index < -0.39 is 6.10 Å². The molecule has 0 amide bonds. The van der Waals surface area contributed by atoms with Gasteiger partial charge in [-0.3, -0.25) is 4.90 Å². The minimum absolute atomic E-state index is 0.186. The second-order valence-corrected chi connectivity index (χ2v) is 5.51.